The number of hydrogen-bond donors (Lipinski definition) is 0. The van der Waals surface area contributed by atoms with E-state index in [4.69, 9.17) is 0 Å². The predicted molar refractivity (Wildman–Crippen MR) is 95.1 cm³/mol. The summed E-state index contributed by atoms with van der Waals surface area (Å²) >= 11 is 0. The maximum atomic E-state index is 13.1. The quantitative estimate of drug-likeness (QED) is 0.837. The van der Waals surface area contributed by atoms with Gasteiger partial charge in [0.05, 0.1) is 6.04 Å². The lowest BCUT2D eigenvalue weighted by atomic mass is 9.94. The molecule has 0 radical (unpaired) electrons. The number of anilines is 1. The van der Waals surface area contributed by atoms with E-state index in [1.165, 1.54) is 16.7 Å². The third-order valence-electron chi connectivity index (χ3n) is 5.40. The van der Waals surface area contributed by atoms with Crippen molar-refractivity contribution in [1.82, 2.24) is 9.80 Å². The van der Waals surface area contributed by atoms with Crippen LogP contribution in [0.25, 0.3) is 0 Å². The van der Waals surface area contributed by atoms with Crippen molar-refractivity contribution in [2.45, 2.75) is 39.7 Å². The van der Waals surface area contributed by atoms with Crippen LogP contribution < -0.4 is 4.90 Å². The van der Waals surface area contributed by atoms with Crippen molar-refractivity contribution >= 4 is 11.6 Å². The third-order valence-corrected chi connectivity index (χ3v) is 5.40. The Morgan fingerprint density at radius 3 is 2.48 bits per heavy atom. The first-order valence-electron chi connectivity index (χ1n) is 8.81. The number of amides is 1. The molecule has 1 fully saturated rings. The molecule has 4 nitrogen and oxygen atoms in total. The van der Waals surface area contributed by atoms with Crippen LogP contribution in [0.3, 0.4) is 0 Å². The summed E-state index contributed by atoms with van der Waals surface area (Å²) < 4.78 is 0. The summed E-state index contributed by atoms with van der Waals surface area (Å²) in [5.74, 6) is 0.264. The normalized spacial score (nSPS) is 21.1. The monoisotopic (exact) mass is 315 g/mol. The van der Waals surface area contributed by atoms with Crippen LogP contribution in [0.1, 0.15) is 30.0 Å². The molecule has 0 unspecified atom stereocenters. The first-order valence-corrected chi connectivity index (χ1v) is 8.81. The van der Waals surface area contributed by atoms with Gasteiger partial charge in [-0.2, -0.15) is 0 Å². The topological polar surface area (TPSA) is 26.8 Å². The van der Waals surface area contributed by atoms with Gasteiger partial charge >= 0.3 is 0 Å². The first-order chi connectivity index (χ1) is 11.0. The number of benzene rings is 1. The Balaban J connectivity index is 1.81. The van der Waals surface area contributed by atoms with Crippen LogP contribution in [0.5, 0.6) is 0 Å². The number of nitrogens with zero attached hydrogens (tertiary/aromatic N) is 3. The minimum atomic E-state index is -0.0320. The summed E-state index contributed by atoms with van der Waals surface area (Å²) in [7, 11) is 2.15. The molecule has 126 valence electrons. The SMILES string of the molecule is Cc1cc(C)c2c(c1)N(C(=O)[C@H](C)N1CCN(C)CC1)CCC2. The highest BCUT2D eigenvalue weighted by Crippen LogP contribution is 2.32. The molecule has 0 aromatic heterocycles. The fourth-order valence-corrected chi connectivity index (χ4v) is 3.90. The van der Waals surface area contributed by atoms with Gasteiger partial charge in [-0.05, 0) is 63.4 Å². The minimum absolute atomic E-state index is 0.0320. The van der Waals surface area contributed by atoms with Crippen molar-refractivity contribution in [3.8, 4) is 0 Å². The molecule has 1 aromatic carbocycles. The molecule has 2 heterocycles. The van der Waals surface area contributed by atoms with E-state index in [1.807, 2.05) is 4.90 Å². The Kier molecular flexibility index (Phi) is 4.74. The van der Waals surface area contributed by atoms with Crippen molar-refractivity contribution in [3.05, 3.63) is 28.8 Å². The van der Waals surface area contributed by atoms with Crippen LogP contribution in [0.4, 0.5) is 5.69 Å². The van der Waals surface area contributed by atoms with Gasteiger partial charge in [-0.1, -0.05) is 6.07 Å². The fraction of sp³-hybridized carbons (Fsp3) is 0.632. The lowest BCUT2D eigenvalue weighted by Crippen LogP contribution is -2.54. The van der Waals surface area contributed by atoms with Crippen molar-refractivity contribution in [3.63, 3.8) is 0 Å². The molecule has 1 saturated heterocycles. The summed E-state index contributed by atoms with van der Waals surface area (Å²) in [6.07, 6.45) is 2.16. The van der Waals surface area contributed by atoms with E-state index < -0.39 is 0 Å². The number of carbonyl (C=O) groups excluding carboxylic acids is 1. The molecule has 2 aliphatic rings. The molecule has 0 spiro atoms. The van der Waals surface area contributed by atoms with E-state index in [1.54, 1.807) is 0 Å². The lowest BCUT2D eigenvalue weighted by Gasteiger charge is -2.39. The third kappa shape index (κ3) is 3.29. The predicted octanol–water partition coefficient (Wildman–Crippen LogP) is 2.22. The second kappa shape index (κ2) is 6.62. The zero-order valence-corrected chi connectivity index (χ0v) is 14.9. The molecule has 3 rings (SSSR count). The van der Waals surface area contributed by atoms with E-state index in [9.17, 15) is 4.79 Å². The van der Waals surface area contributed by atoms with Gasteiger partial charge in [0.25, 0.3) is 0 Å². The Hall–Kier alpha value is -1.39. The highest BCUT2D eigenvalue weighted by molar-refractivity contribution is 5.98. The van der Waals surface area contributed by atoms with Crippen molar-refractivity contribution in [1.29, 1.82) is 0 Å². The molecule has 1 aromatic rings. The van der Waals surface area contributed by atoms with E-state index in [2.05, 4.69) is 49.8 Å². The van der Waals surface area contributed by atoms with Gasteiger partial charge in [0.15, 0.2) is 0 Å². The first kappa shape index (κ1) is 16.5. The molecule has 0 bridgehead atoms. The average molecular weight is 315 g/mol. The smallest absolute Gasteiger partial charge is 0.244 e. The number of aryl methyl sites for hydroxylation is 2. The number of rotatable bonds is 2. The van der Waals surface area contributed by atoms with Crippen LogP contribution in [0.15, 0.2) is 12.1 Å². The standard InChI is InChI=1S/C19H29N3O/c1-14-12-15(2)17-6-5-7-22(18(17)13-14)19(23)16(3)21-10-8-20(4)9-11-21/h12-13,16H,5-11H2,1-4H3/t16-/m0/s1. The van der Waals surface area contributed by atoms with Gasteiger partial charge in [-0.25, -0.2) is 0 Å². The second-order valence-corrected chi connectivity index (χ2v) is 7.19. The fourth-order valence-electron chi connectivity index (χ4n) is 3.90. The van der Waals surface area contributed by atoms with E-state index in [-0.39, 0.29) is 11.9 Å². The van der Waals surface area contributed by atoms with Crippen LogP contribution in [0.2, 0.25) is 0 Å². The number of likely N-dealkylation sites (N-methyl/N-ethyl adjacent to an activating group) is 1. The summed E-state index contributed by atoms with van der Waals surface area (Å²) in [6.45, 7) is 11.3. The molecule has 0 saturated carbocycles. The van der Waals surface area contributed by atoms with Gasteiger partial charge in [0, 0.05) is 38.4 Å². The summed E-state index contributed by atoms with van der Waals surface area (Å²) in [5.41, 5.74) is 5.08. The van der Waals surface area contributed by atoms with Crippen molar-refractivity contribution in [2.24, 2.45) is 0 Å². The minimum Gasteiger partial charge on any atom is -0.311 e. The van der Waals surface area contributed by atoms with Gasteiger partial charge in [-0.3, -0.25) is 9.69 Å². The Morgan fingerprint density at radius 2 is 1.78 bits per heavy atom. The molecule has 1 atom stereocenters. The van der Waals surface area contributed by atoms with Gasteiger partial charge in [-0.15, -0.1) is 0 Å². The van der Waals surface area contributed by atoms with Crippen LogP contribution >= 0.6 is 0 Å². The van der Waals surface area contributed by atoms with Crippen LogP contribution in [-0.2, 0) is 11.2 Å². The number of carbonyl (C=O) groups is 1. The Morgan fingerprint density at radius 1 is 1.09 bits per heavy atom. The molecule has 1 amide bonds. The molecule has 23 heavy (non-hydrogen) atoms. The molecule has 2 aliphatic heterocycles. The molecule has 0 N–H and O–H groups in total. The molecular formula is C19H29N3O. The van der Waals surface area contributed by atoms with Crippen LogP contribution in [-0.4, -0.2) is 61.5 Å². The zero-order valence-electron chi connectivity index (χ0n) is 14.9. The second-order valence-electron chi connectivity index (χ2n) is 7.19. The number of hydrogen-bond acceptors (Lipinski definition) is 3. The average Bonchev–Trinajstić information content (AvgIpc) is 2.53. The molecule has 0 aliphatic carbocycles. The van der Waals surface area contributed by atoms with Crippen molar-refractivity contribution < 1.29 is 4.79 Å². The lowest BCUT2D eigenvalue weighted by molar-refractivity contribution is -0.124. The maximum absolute atomic E-state index is 13.1. The van der Waals surface area contributed by atoms with Crippen LogP contribution in [0, 0.1) is 13.8 Å². The maximum Gasteiger partial charge on any atom is 0.244 e. The van der Waals surface area contributed by atoms with Gasteiger partial charge < -0.3 is 9.80 Å². The number of fused-ring (bicyclic) bond motifs is 1. The molecular weight excluding hydrogens is 286 g/mol. The van der Waals surface area contributed by atoms with E-state index in [0.717, 1.165) is 51.3 Å². The summed E-state index contributed by atoms with van der Waals surface area (Å²) in [4.78, 5) is 19.8. The summed E-state index contributed by atoms with van der Waals surface area (Å²) in [6, 6.07) is 4.39. The zero-order chi connectivity index (χ0) is 16.6. The summed E-state index contributed by atoms with van der Waals surface area (Å²) in [5, 5.41) is 0. The largest absolute Gasteiger partial charge is 0.311 e. The van der Waals surface area contributed by atoms with E-state index >= 15 is 0 Å². The number of piperazine rings is 1. The highest BCUT2D eigenvalue weighted by atomic mass is 16.2. The van der Waals surface area contributed by atoms with Gasteiger partial charge in [0.1, 0.15) is 0 Å². The van der Waals surface area contributed by atoms with E-state index in [0.29, 0.717) is 0 Å². The van der Waals surface area contributed by atoms with Gasteiger partial charge in [0.2, 0.25) is 5.91 Å². The Bertz CT molecular complexity index is 591. The molecule has 4 heteroatoms. The highest BCUT2D eigenvalue weighted by Gasteiger charge is 2.31. The Labute approximate surface area is 140 Å². The van der Waals surface area contributed by atoms with Crippen molar-refractivity contribution in [2.75, 3.05) is 44.7 Å².